The van der Waals surface area contributed by atoms with Crippen LogP contribution in [0.4, 0.5) is 0 Å². The zero-order chi connectivity index (χ0) is 22.1. The Morgan fingerprint density at radius 1 is 0.900 bits per heavy atom. The summed E-state index contributed by atoms with van der Waals surface area (Å²) < 4.78 is 21.9. The van der Waals surface area contributed by atoms with Gasteiger partial charge in [-0.3, -0.25) is 4.79 Å². The first-order chi connectivity index (χ1) is 14.4. The highest BCUT2D eigenvalue weighted by Gasteiger charge is 2.19. The summed E-state index contributed by atoms with van der Waals surface area (Å²) in [5.41, 5.74) is 0.957. The Labute approximate surface area is 183 Å². The van der Waals surface area contributed by atoms with Crippen LogP contribution in [0.15, 0.2) is 41.3 Å². The molecule has 1 amide bonds. The molecule has 2 aromatic carbocycles. The molecule has 0 aliphatic heterocycles. The minimum Gasteiger partial charge on any atom is -0.493 e. The van der Waals surface area contributed by atoms with Crippen LogP contribution in [0.5, 0.6) is 23.0 Å². The van der Waals surface area contributed by atoms with E-state index in [-0.39, 0.29) is 17.2 Å². The van der Waals surface area contributed by atoms with Gasteiger partial charge in [0.25, 0.3) is 0 Å². The largest absolute Gasteiger partial charge is 0.493 e. The van der Waals surface area contributed by atoms with Crippen LogP contribution in [0.3, 0.4) is 0 Å². The van der Waals surface area contributed by atoms with Crippen molar-refractivity contribution in [1.82, 2.24) is 5.32 Å². The monoisotopic (exact) mass is 433 g/mol. The van der Waals surface area contributed by atoms with Crippen molar-refractivity contribution in [3.8, 4) is 23.0 Å². The van der Waals surface area contributed by atoms with Gasteiger partial charge < -0.3 is 24.3 Å². The van der Waals surface area contributed by atoms with Crippen molar-refractivity contribution >= 4 is 17.7 Å². The topological polar surface area (TPSA) is 66.0 Å². The van der Waals surface area contributed by atoms with Crippen LogP contribution in [0.2, 0.25) is 0 Å². The molecule has 0 aliphatic carbocycles. The summed E-state index contributed by atoms with van der Waals surface area (Å²) in [6, 6.07) is 11.2. The van der Waals surface area contributed by atoms with Gasteiger partial charge in [0.05, 0.1) is 38.7 Å². The molecule has 0 unspecified atom stereocenters. The number of ether oxygens (including phenoxy) is 4. The van der Waals surface area contributed by atoms with E-state index >= 15 is 0 Å². The van der Waals surface area contributed by atoms with Crippen LogP contribution >= 0.6 is 11.8 Å². The highest BCUT2D eigenvalue weighted by Crippen LogP contribution is 2.34. The van der Waals surface area contributed by atoms with Gasteiger partial charge in [0, 0.05) is 4.90 Å². The Kier molecular flexibility index (Phi) is 9.17. The van der Waals surface area contributed by atoms with E-state index in [1.165, 1.54) is 11.8 Å². The number of methoxy groups -OCH3 is 2. The lowest BCUT2D eigenvalue weighted by Crippen LogP contribution is -2.33. The first-order valence-corrected chi connectivity index (χ1v) is 10.9. The van der Waals surface area contributed by atoms with E-state index < -0.39 is 0 Å². The van der Waals surface area contributed by atoms with E-state index in [0.717, 1.165) is 10.5 Å². The summed E-state index contributed by atoms with van der Waals surface area (Å²) in [7, 11) is 3.19. The quantitative estimate of drug-likeness (QED) is 0.511. The molecule has 0 saturated carbocycles. The number of benzene rings is 2. The average Bonchev–Trinajstić information content (AvgIpc) is 2.74. The van der Waals surface area contributed by atoms with Gasteiger partial charge in [-0.25, -0.2) is 0 Å². The van der Waals surface area contributed by atoms with Crippen LogP contribution in [0.25, 0.3) is 0 Å². The number of carbonyl (C=O) groups excluding carboxylic acids is 1. The fraction of sp³-hybridized carbons (Fsp3) is 0.435. The molecular formula is C23H31NO5S. The lowest BCUT2D eigenvalue weighted by molar-refractivity contribution is -0.120. The Hall–Kier alpha value is -2.54. The summed E-state index contributed by atoms with van der Waals surface area (Å²) in [5, 5.41) is 2.80. The predicted molar refractivity (Wildman–Crippen MR) is 120 cm³/mol. The van der Waals surface area contributed by atoms with Crippen molar-refractivity contribution in [3.63, 3.8) is 0 Å². The van der Waals surface area contributed by atoms with Crippen LogP contribution in [0.1, 0.15) is 39.3 Å². The fourth-order valence-electron chi connectivity index (χ4n) is 2.90. The Morgan fingerprint density at radius 3 is 2.17 bits per heavy atom. The molecule has 2 aromatic rings. The van der Waals surface area contributed by atoms with Gasteiger partial charge in [-0.1, -0.05) is 6.07 Å². The number of rotatable bonds is 11. The number of nitrogens with one attached hydrogen (secondary N) is 1. The third-order valence-electron chi connectivity index (χ3n) is 4.46. The molecule has 0 saturated heterocycles. The maximum Gasteiger partial charge on any atom is 0.233 e. The smallest absolute Gasteiger partial charge is 0.233 e. The highest BCUT2D eigenvalue weighted by molar-refractivity contribution is 8.00. The third-order valence-corrected chi connectivity index (χ3v) is 5.56. The lowest BCUT2D eigenvalue weighted by atomic mass is 10.1. The Bertz CT molecular complexity index is 842. The van der Waals surface area contributed by atoms with Crippen LogP contribution in [-0.4, -0.2) is 38.6 Å². The van der Waals surface area contributed by atoms with Crippen molar-refractivity contribution in [1.29, 1.82) is 0 Å². The first-order valence-electron chi connectivity index (χ1n) is 10.0. The third kappa shape index (κ3) is 6.23. The zero-order valence-electron chi connectivity index (χ0n) is 18.5. The molecule has 0 aliphatic rings. The Balaban J connectivity index is 2.05. The molecule has 2 rings (SSSR count). The summed E-state index contributed by atoms with van der Waals surface area (Å²) >= 11 is 1.47. The summed E-state index contributed by atoms with van der Waals surface area (Å²) in [5.74, 6) is 2.65. The molecule has 6 nitrogen and oxygen atoms in total. The normalized spacial score (nSPS) is 12.6. The number of hydrogen-bond acceptors (Lipinski definition) is 6. The number of hydrogen-bond donors (Lipinski definition) is 1. The van der Waals surface area contributed by atoms with E-state index in [4.69, 9.17) is 18.9 Å². The second kappa shape index (κ2) is 11.6. The van der Waals surface area contributed by atoms with Gasteiger partial charge in [-0.2, -0.15) is 0 Å². The van der Waals surface area contributed by atoms with Gasteiger partial charge in [-0.05, 0) is 63.6 Å². The molecule has 0 heterocycles. The van der Waals surface area contributed by atoms with Gasteiger partial charge in [-0.15, -0.1) is 11.8 Å². The highest BCUT2D eigenvalue weighted by atomic mass is 32.2. The maximum absolute atomic E-state index is 12.7. The van der Waals surface area contributed by atoms with Crippen molar-refractivity contribution in [3.05, 3.63) is 42.0 Å². The molecule has 0 bridgehead atoms. The van der Waals surface area contributed by atoms with Crippen LogP contribution in [0, 0.1) is 0 Å². The standard InChI is InChI=1S/C23H31NO5S/c1-7-28-20-11-9-17(13-22(20)29-8-2)15(3)24-23(25)16(4)30-18-10-12-19(26-5)21(14-18)27-6/h9-16H,7-8H2,1-6H3,(H,24,25)/t15-,16+/m0/s1. The second-order valence-corrected chi connectivity index (χ2v) is 7.99. The van der Waals surface area contributed by atoms with Crippen molar-refractivity contribution in [2.75, 3.05) is 27.4 Å². The van der Waals surface area contributed by atoms with E-state index in [2.05, 4.69) is 5.32 Å². The van der Waals surface area contributed by atoms with Gasteiger partial charge in [0.15, 0.2) is 23.0 Å². The molecule has 7 heteroatoms. The van der Waals surface area contributed by atoms with Crippen LogP contribution < -0.4 is 24.3 Å². The number of carbonyl (C=O) groups is 1. The van der Waals surface area contributed by atoms with Gasteiger partial charge in [0.1, 0.15) is 0 Å². The number of amides is 1. The van der Waals surface area contributed by atoms with Crippen molar-refractivity contribution < 1.29 is 23.7 Å². The Morgan fingerprint density at radius 2 is 1.53 bits per heavy atom. The van der Waals surface area contributed by atoms with Crippen LogP contribution in [-0.2, 0) is 4.79 Å². The zero-order valence-corrected chi connectivity index (χ0v) is 19.3. The van der Waals surface area contributed by atoms with E-state index in [0.29, 0.717) is 36.2 Å². The second-order valence-electron chi connectivity index (χ2n) is 6.58. The van der Waals surface area contributed by atoms with E-state index in [1.54, 1.807) is 14.2 Å². The molecule has 0 radical (unpaired) electrons. The molecule has 2 atom stereocenters. The minimum absolute atomic E-state index is 0.0471. The predicted octanol–water partition coefficient (Wildman–Crippen LogP) is 4.86. The molecule has 0 fully saturated rings. The van der Waals surface area contributed by atoms with E-state index in [9.17, 15) is 4.79 Å². The molecule has 30 heavy (non-hydrogen) atoms. The molecule has 1 N–H and O–H groups in total. The van der Waals surface area contributed by atoms with Crippen molar-refractivity contribution in [2.24, 2.45) is 0 Å². The molecule has 0 aromatic heterocycles. The average molecular weight is 434 g/mol. The SMILES string of the molecule is CCOc1ccc([C@H](C)NC(=O)[C@@H](C)Sc2ccc(OC)c(OC)c2)cc1OCC. The molecule has 0 spiro atoms. The van der Waals surface area contributed by atoms with E-state index in [1.807, 2.05) is 64.1 Å². The maximum atomic E-state index is 12.7. The molecule has 164 valence electrons. The van der Waals surface area contributed by atoms with Gasteiger partial charge >= 0.3 is 0 Å². The molecular weight excluding hydrogens is 402 g/mol. The summed E-state index contributed by atoms with van der Waals surface area (Å²) in [4.78, 5) is 13.7. The first kappa shape index (κ1) is 23.7. The van der Waals surface area contributed by atoms with Crippen molar-refractivity contribution in [2.45, 2.75) is 43.9 Å². The number of thioether (sulfide) groups is 1. The van der Waals surface area contributed by atoms with Gasteiger partial charge in [0.2, 0.25) is 5.91 Å². The minimum atomic E-state index is -0.278. The summed E-state index contributed by atoms with van der Waals surface area (Å²) in [6.07, 6.45) is 0. The summed E-state index contributed by atoms with van der Waals surface area (Å²) in [6.45, 7) is 8.81. The fourth-order valence-corrected chi connectivity index (χ4v) is 3.80. The lowest BCUT2D eigenvalue weighted by Gasteiger charge is -2.20.